The number of amides is 1. The molecule has 0 radical (unpaired) electrons. The summed E-state index contributed by atoms with van der Waals surface area (Å²) in [5.41, 5.74) is 3.56. The van der Waals surface area contributed by atoms with Gasteiger partial charge in [-0.05, 0) is 79.7 Å². The Morgan fingerprint density at radius 3 is 2.61 bits per heavy atom. The van der Waals surface area contributed by atoms with Crippen molar-refractivity contribution in [2.75, 3.05) is 19.6 Å². The topological polar surface area (TPSA) is 63.6 Å². The van der Waals surface area contributed by atoms with E-state index in [4.69, 9.17) is 4.74 Å². The molecule has 1 aliphatic heterocycles. The molecule has 0 unspecified atom stereocenters. The first-order chi connectivity index (χ1) is 14.7. The van der Waals surface area contributed by atoms with E-state index in [-0.39, 0.29) is 17.9 Å². The Bertz CT molecular complexity index is 1080. The van der Waals surface area contributed by atoms with E-state index < -0.39 is 11.7 Å². The van der Waals surface area contributed by atoms with Gasteiger partial charge in [0.05, 0.1) is 16.0 Å². The van der Waals surface area contributed by atoms with E-state index in [2.05, 4.69) is 33.4 Å². The molecule has 1 N–H and O–H groups in total. The molecule has 4 rings (SSSR count). The molecule has 1 amide bonds. The van der Waals surface area contributed by atoms with Crippen LogP contribution in [-0.4, -0.2) is 52.7 Å². The van der Waals surface area contributed by atoms with Gasteiger partial charge < -0.3 is 15.0 Å². The van der Waals surface area contributed by atoms with Gasteiger partial charge in [-0.1, -0.05) is 18.2 Å². The molecule has 1 aliphatic carbocycles. The fourth-order valence-electron chi connectivity index (χ4n) is 4.66. The summed E-state index contributed by atoms with van der Waals surface area (Å²) in [6.07, 6.45) is 2.49. The van der Waals surface area contributed by atoms with Gasteiger partial charge >= 0.3 is 6.09 Å². The zero-order valence-electron chi connectivity index (χ0n) is 18.8. The van der Waals surface area contributed by atoms with Crippen molar-refractivity contribution in [2.24, 2.45) is 5.92 Å². The Labute approximate surface area is 191 Å². The number of halogens is 1. The summed E-state index contributed by atoms with van der Waals surface area (Å²) in [6, 6.07) is 6.12. The molecule has 0 saturated carbocycles. The maximum Gasteiger partial charge on any atom is 0.419 e. The Morgan fingerprint density at radius 2 is 1.97 bits per heavy atom. The molecule has 0 spiro atoms. The molecule has 1 aromatic heterocycles. The lowest BCUT2D eigenvalue weighted by Crippen LogP contribution is -2.46. The normalized spacial score (nSPS) is 20.3. The lowest BCUT2D eigenvalue weighted by Gasteiger charge is -2.35. The number of nitrogens with zero attached hydrogens (tertiary/aromatic N) is 2. The van der Waals surface area contributed by atoms with E-state index in [9.17, 15) is 9.59 Å². The first kappa shape index (κ1) is 22.1. The maximum absolute atomic E-state index is 13.0. The third-order valence-electron chi connectivity index (χ3n) is 6.06. The van der Waals surface area contributed by atoms with Gasteiger partial charge in [-0.25, -0.2) is 9.36 Å². The van der Waals surface area contributed by atoms with E-state index in [1.165, 1.54) is 0 Å². The summed E-state index contributed by atoms with van der Waals surface area (Å²) >= 11 is 3.67. The second-order valence-electron chi connectivity index (χ2n) is 9.19. The van der Waals surface area contributed by atoms with Crippen LogP contribution in [-0.2, 0) is 16.0 Å². The molecule has 7 heteroatoms. The van der Waals surface area contributed by atoms with Crippen molar-refractivity contribution in [3.05, 3.63) is 40.0 Å². The number of rotatable bonds is 3. The summed E-state index contributed by atoms with van der Waals surface area (Å²) in [5, 5.41) is 4.64. The van der Waals surface area contributed by atoms with Gasteiger partial charge in [0.1, 0.15) is 5.60 Å². The van der Waals surface area contributed by atoms with Gasteiger partial charge in [0, 0.05) is 31.1 Å². The van der Waals surface area contributed by atoms with Gasteiger partial charge in [0.2, 0.25) is 5.91 Å². The Kier molecular flexibility index (Phi) is 5.77. The van der Waals surface area contributed by atoms with E-state index >= 15 is 0 Å². The van der Waals surface area contributed by atoms with Crippen LogP contribution in [0.3, 0.4) is 0 Å². The number of hydrogen-bond acceptors (Lipinski definition) is 4. The first-order valence-electron chi connectivity index (χ1n) is 11.0. The van der Waals surface area contributed by atoms with Crippen molar-refractivity contribution >= 4 is 44.4 Å². The number of benzene rings is 1. The van der Waals surface area contributed by atoms with Crippen molar-refractivity contribution in [1.29, 1.82) is 0 Å². The van der Waals surface area contributed by atoms with Crippen molar-refractivity contribution in [1.82, 2.24) is 14.8 Å². The molecule has 2 aromatic rings. The van der Waals surface area contributed by atoms with Crippen molar-refractivity contribution in [3.63, 3.8) is 0 Å². The molecule has 0 saturated heterocycles. The SMILES string of the molecule is CCN(CC)C(=O)[C@@H]1C=C2c3cccc4c3c(c(Br)n4C(=O)OC(C)(C)C)C[C@H]2NC1. The lowest BCUT2D eigenvalue weighted by atomic mass is 9.80. The molecular weight excluding hydrogens is 458 g/mol. The predicted molar refractivity (Wildman–Crippen MR) is 126 cm³/mol. The number of carbonyl (C=O) groups is 2. The monoisotopic (exact) mass is 487 g/mol. The van der Waals surface area contributed by atoms with Crippen LogP contribution in [0, 0.1) is 5.92 Å². The Morgan fingerprint density at radius 1 is 1.26 bits per heavy atom. The van der Waals surface area contributed by atoms with Crippen molar-refractivity contribution < 1.29 is 14.3 Å². The fraction of sp³-hybridized carbons (Fsp3) is 0.500. The van der Waals surface area contributed by atoms with E-state index in [0.717, 1.165) is 38.6 Å². The summed E-state index contributed by atoms with van der Waals surface area (Å²) in [5.74, 6) is -0.0201. The smallest absolute Gasteiger partial charge is 0.419 e. The van der Waals surface area contributed by atoms with E-state index in [1.54, 1.807) is 4.57 Å². The van der Waals surface area contributed by atoms with Crippen LogP contribution < -0.4 is 5.32 Å². The third kappa shape index (κ3) is 3.82. The van der Waals surface area contributed by atoms with Crippen LogP contribution in [0.5, 0.6) is 0 Å². The number of ether oxygens (including phenoxy) is 1. The van der Waals surface area contributed by atoms with Crippen LogP contribution in [0.15, 0.2) is 28.9 Å². The lowest BCUT2D eigenvalue weighted by molar-refractivity contribution is -0.133. The zero-order valence-corrected chi connectivity index (χ0v) is 20.4. The van der Waals surface area contributed by atoms with Gasteiger partial charge in [-0.15, -0.1) is 0 Å². The predicted octanol–water partition coefficient (Wildman–Crippen LogP) is 4.58. The summed E-state index contributed by atoms with van der Waals surface area (Å²) in [7, 11) is 0. The average molecular weight is 488 g/mol. The summed E-state index contributed by atoms with van der Waals surface area (Å²) in [4.78, 5) is 27.8. The number of hydrogen-bond donors (Lipinski definition) is 1. The molecule has 6 nitrogen and oxygen atoms in total. The third-order valence-corrected chi connectivity index (χ3v) is 6.89. The molecule has 2 aliphatic rings. The number of aromatic nitrogens is 1. The fourth-order valence-corrected chi connectivity index (χ4v) is 5.36. The second-order valence-corrected chi connectivity index (χ2v) is 9.94. The van der Waals surface area contributed by atoms with E-state index in [0.29, 0.717) is 19.6 Å². The molecule has 31 heavy (non-hydrogen) atoms. The number of fused-ring (bicyclic) bond motifs is 2. The molecule has 166 valence electrons. The van der Waals surface area contributed by atoms with Crippen molar-refractivity contribution in [3.8, 4) is 0 Å². The standard InChI is InChI=1S/C24H30BrN3O3/c1-6-27(7-2)22(29)14-11-16-15-9-8-10-19-20(15)17(12-18(16)26-13-14)21(25)28(19)23(30)31-24(3,4)5/h8-11,14,18,26H,6-7,12-13H2,1-5H3/t14-,18-/m1/s1. The van der Waals surface area contributed by atoms with Crippen molar-refractivity contribution in [2.45, 2.75) is 52.7 Å². The van der Waals surface area contributed by atoms with Gasteiger partial charge in [-0.2, -0.15) is 0 Å². The van der Waals surface area contributed by atoms with Crippen LogP contribution in [0.4, 0.5) is 4.79 Å². The van der Waals surface area contributed by atoms with Gasteiger partial charge in [0.15, 0.2) is 0 Å². The Hall–Kier alpha value is -2.12. The second kappa shape index (κ2) is 8.10. The quantitative estimate of drug-likeness (QED) is 0.687. The van der Waals surface area contributed by atoms with Gasteiger partial charge in [-0.3, -0.25) is 4.79 Å². The largest absolute Gasteiger partial charge is 0.443 e. The number of carbonyl (C=O) groups excluding carboxylic acids is 2. The van der Waals surface area contributed by atoms with Gasteiger partial charge in [0.25, 0.3) is 0 Å². The number of nitrogens with one attached hydrogen (secondary N) is 1. The first-order valence-corrected chi connectivity index (χ1v) is 11.7. The van der Waals surface area contributed by atoms with E-state index in [1.807, 2.05) is 51.7 Å². The van der Waals surface area contributed by atoms with Crippen LogP contribution in [0.1, 0.15) is 45.7 Å². The highest BCUT2D eigenvalue weighted by atomic mass is 79.9. The minimum Gasteiger partial charge on any atom is -0.443 e. The molecular formula is C24H30BrN3O3. The molecule has 0 fully saturated rings. The highest BCUT2D eigenvalue weighted by Crippen LogP contribution is 2.43. The zero-order chi connectivity index (χ0) is 22.5. The minimum atomic E-state index is -0.582. The minimum absolute atomic E-state index is 0.115. The van der Waals surface area contributed by atoms with Crippen LogP contribution in [0.2, 0.25) is 0 Å². The molecule has 2 atom stereocenters. The highest BCUT2D eigenvalue weighted by molar-refractivity contribution is 9.10. The molecule has 2 heterocycles. The molecule has 1 aromatic carbocycles. The Balaban J connectivity index is 1.81. The molecule has 0 bridgehead atoms. The highest BCUT2D eigenvalue weighted by Gasteiger charge is 2.36. The van der Waals surface area contributed by atoms with Crippen LogP contribution >= 0.6 is 15.9 Å². The maximum atomic E-state index is 13.0. The summed E-state index contributed by atoms with van der Waals surface area (Å²) < 4.78 is 8.03. The summed E-state index contributed by atoms with van der Waals surface area (Å²) in [6.45, 7) is 11.7. The average Bonchev–Trinajstić information content (AvgIpc) is 3.00. The van der Waals surface area contributed by atoms with Crippen LogP contribution in [0.25, 0.3) is 16.5 Å².